The van der Waals surface area contributed by atoms with E-state index in [9.17, 15) is 0 Å². The number of allylic oxidation sites excluding steroid dienone is 5. The Hall–Kier alpha value is -1.11. The van der Waals surface area contributed by atoms with Crippen molar-refractivity contribution >= 4 is 6.21 Å². The van der Waals surface area contributed by atoms with E-state index < -0.39 is 0 Å². The summed E-state index contributed by atoms with van der Waals surface area (Å²) in [6.45, 7) is 19.1. The van der Waals surface area contributed by atoms with Gasteiger partial charge in [-0.1, -0.05) is 37.6 Å². The van der Waals surface area contributed by atoms with Crippen LogP contribution in [0.3, 0.4) is 0 Å². The van der Waals surface area contributed by atoms with Gasteiger partial charge in [-0.25, -0.2) is 0 Å². The molecular formula is C15H27N. The average molecular weight is 221 g/mol. The summed E-state index contributed by atoms with van der Waals surface area (Å²) < 4.78 is 0. The summed E-state index contributed by atoms with van der Waals surface area (Å²) in [4.78, 5) is 4.25. The first-order chi connectivity index (χ1) is 7.49. The highest BCUT2D eigenvalue weighted by Crippen LogP contribution is 2.11. The second kappa shape index (κ2) is 10.4. The fourth-order valence-corrected chi connectivity index (χ4v) is 0.857. The van der Waals surface area contributed by atoms with Gasteiger partial charge in [-0.15, -0.1) is 0 Å². The molecule has 0 saturated carbocycles. The zero-order valence-corrected chi connectivity index (χ0v) is 12.0. The first kappa shape index (κ1) is 17.3. The lowest BCUT2D eigenvalue weighted by Crippen LogP contribution is -1.88. The van der Waals surface area contributed by atoms with Crippen molar-refractivity contribution in [2.75, 3.05) is 6.54 Å². The molecule has 0 radical (unpaired) electrons. The highest BCUT2D eigenvalue weighted by atomic mass is 14.7. The Bertz CT molecular complexity index is 287. The molecule has 0 amide bonds. The van der Waals surface area contributed by atoms with Crippen molar-refractivity contribution in [2.24, 2.45) is 4.99 Å². The summed E-state index contributed by atoms with van der Waals surface area (Å²) in [5, 5.41) is 0. The smallest absolute Gasteiger partial charge is 0.0361 e. The standard InChI is InChI=1S/C13H21N.C2H6/c1-7-14-9-13(11(4)5)8-12(6)10(2)3;1-2/h8-9H,2,7H2,1,3-6H3;1-2H3/b12-8-,14-9?;. The van der Waals surface area contributed by atoms with Crippen molar-refractivity contribution in [3.05, 3.63) is 34.9 Å². The van der Waals surface area contributed by atoms with E-state index in [-0.39, 0.29) is 0 Å². The molecule has 0 aliphatic carbocycles. The average Bonchev–Trinajstić information content (AvgIpc) is 2.26. The molecule has 0 N–H and O–H groups in total. The zero-order valence-electron chi connectivity index (χ0n) is 12.0. The topological polar surface area (TPSA) is 12.4 Å². The van der Waals surface area contributed by atoms with E-state index in [4.69, 9.17) is 0 Å². The van der Waals surface area contributed by atoms with Crippen LogP contribution in [-0.4, -0.2) is 12.8 Å². The van der Waals surface area contributed by atoms with Crippen molar-refractivity contribution in [3.8, 4) is 0 Å². The van der Waals surface area contributed by atoms with Crippen LogP contribution in [0.15, 0.2) is 39.9 Å². The Morgan fingerprint density at radius 2 is 1.62 bits per heavy atom. The Kier molecular flexibility index (Phi) is 11.2. The molecule has 92 valence electrons. The van der Waals surface area contributed by atoms with Crippen LogP contribution in [0.25, 0.3) is 0 Å². The van der Waals surface area contributed by atoms with Crippen molar-refractivity contribution in [1.29, 1.82) is 0 Å². The lowest BCUT2D eigenvalue weighted by Gasteiger charge is -2.02. The van der Waals surface area contributed by atoms with E-state index >= 15 is 0 Å². The number of hydrogen-bond acceptors (Lipinski definition) is 1. The minimum Gasteiger partial charge on any atom is -0.293 e. The van der Waals surface area contributed by atoms with Crippen molar-refractivity contribution in [2.45, 2.75) is 48.5 Å². The number of aliphatic imine (C=N–C) groups is 1. The summed E-state index contributed by atoms with van der Waals surface area (Å²) in [6.07, 6.45) is 4.07. The van der Waals surface area contributed by atoms with E-state index in [1.165, 1.54) is 16.7 Å². The molecule has 0 spiro atoms. The normalized spacial score (nSPS) is 10.8. The van der Waals surface area contributed by atoms with Gasteiger partial charge in [0.1, 0.15) is 0 Å². The largest absolute Gasteiger partial charge is 0.293 e. The molecule has 0 rings (SSSR count). The lowest BCUT2D eigenvalue weighted by atomic mass is 10.1. The molecule has 0 aromatic rings. The first-order valence-electron chi connectivity index (χ1n) is 6.00. The summed E-state index contributed by atoms with van der Waals surface area (Å²) in [7, 11) is 0. The summed E-state index contributed by atoms with van der Waals surface area (Å²) in [6, 6.07) is 0. The lowest BCUT2D eigenvalue weighted by molar-refractivity contribution is 1.14. The van der Waals surface area contributed by atoms with E-state index in [0.29, 0.717) is 0 Å². The summed E-state index contributed by atoms with van der Waals surface area (Å²) in [5.41, 5.74) is 4.78. The predicted molar refractivity (Wildman–Crippen MR) is 77.3 cm³/mol. The van der Waals surface area contributed by atoms with E-state index in [1.54, 1.807) is 0 Å². The van der Waals surface area contributed by atoms with Gasteiger partial charge in [0, 0.05) is 12.8 Å². The van der Waals surface area contributed by atoms with Gasteiger partial charge >= 0.3 is 0 Å². The van der Waals surface area contributed by atoms with Crippen molar-refractivity contribution in [1.82, 2.24) is 0 Å². The molecule has 0 aromatic carbocycles. The Balaban J connectivity index is 0. The van der Waals surface area contributed by atoms with Crippen LogP contribution in [-0.2, 0) is 0 Å². The summed E-state index contributed by atoms with van der Waals surface area (Å²) in [5.74, 6) is 0. The molecule has 1 heteroatoms. The van der Waals surface area contributed by atoms with E-state index in [1.807, 2.05) is 33.9 Å². The van der Waals surface area contributed by atoms with Crippen molar-refractivity contribution < 1.29 is 0 Å². The third-order valence-electron chi connectivity index (χ3n) is 2.04. The first-order valence-corrected chi connectivity index (χ1v) is 6.00. The molecule has 0 aliphatic rings. The van der Waals surface area contributed by atoms with E-state index in [2.05, 4.69) is 38.4 Å². The quantitative estimate of drug-likeness (QED) is 0.470. The predicted octanol–water partition coefficient (Wildman–Crippen LogP) is 4.96. The molecule has 0 atom stereocenters. The molecule has 0 saturated heterocycles. The maximum absolute atomic E-state index is 4.25. The van der Waals surface area contributed by atoms with Crippen LogP contribution >= 0.6 is 0 Å². The van der Waals surface area contributed by atoms with Gasteiger partial charge < -0.3 is 0 Å². The maximum Gasteiger partial charge on any atom is 0.0361 e. The van der Waals surface area contributed by atoms with Crippen LogP contribution in [0.2, 0.25) is 0 Å². The van der Waals surface area contributed by atoms with Crippen LogP contribution in [0.1, 0.15) is 48.5 Å². The highest BCUT2D eigenvalue weighted by Gasteiger charge is 1.94. The van der Waals surface area contributed by atoms with Gasteiger partial charge in [0.05, 0.1) is 0 Å². The second-order valence-electron chi connectivity index (χ2n) is 3.69. The molecule has 0 aromatic heterocycles. The number of nitrogens with zero attached hydrogens (tertiary/aromatic N) is 1. The van der Waals surface area contributed by atoms with Gasteiger partial charge in [-0.3, -0.25) is 4.99 Å². The Morgan fingerprint density at radius 3 is 1.94 bits per heavy atom. The van der Waals surface area contributed by atoms with Gasteiger partial charge in [-0.05, 0) is 45.8 Å². The second-order valence-corrected chi connectivity index (χ2v) is 3.69. The minimum atomic E-state index is 0.830. The van der Waals surface area contributed by atoms with Crippen LogP contribution < -0.4 is 0 Å². The van der Waals surface area contributed by atoms with Crippen molar-refractivity contribution in [3.63, 3.8) is 0 Å². The van der Waals surface area contributed by atoms with Gasteiger partial charge in [0.15, 0.2) is 0 Å². The fraction of sp³-hybridized carbons (Fsp3) is 0.533. The van der Waals surface area contributed by atoms with Crippen LogP contribution in [0, 0.1) is 0 Å². The SMILES string of the molecule is C=C(C)/C(C)=C\C(C=NCC)=C(C)C.CC. The third kappa shape index (κ3) is 8.22. The maximum atomic E-state index is 4.25. The minimum absolute atomic E-state index is 0.830. The number of rotatable bonds is 4. The number of hydrogen-bond donors (Lipinski definition) is 0. The third-order valence-corrected chi connectivity index (χ3v) is 2.04. The molecule has 0 bridgehead atoms. The highest BCUT2D eigenvalue weighted by molar-refractivity contribution is 5.83. The fourth-order valence-electron chi connectivity index (χ4n) is 0.857. The van der Waals surface area contributed by atoms with Gasteiger partial charge in [-0.2, -0.15) is 0 Å². The molecule has 0 unspecified atom stereocenters. The molecule has 16 heavy (non-hydrogen) atoms. The molecule has 0 fully saturated rings. The van der Waals surface area contributed by atoms with Crippen LogP contribution in [0.4, 0.5) is 0 Å². The molecule has 0 heterocycles. The Labute approximate surface area is 102 Å². The van der Waals surface area contributed by atoms with Crippen LogP contribution in [0.5, 0.6) is 0 Å². The van der Waals surface area contributed by atoms with Gasteiger partial charge in [0.25, 0.3) is 0 Å². The molecular weight excluding hydrogens is 194 g/mol. The monoisotopic (exact) mass is 221 g/mol. The van der Waals surface area contributed by atoms with E-state index in [0.717, 1.165) is 12.1 Å². The molecule has 1 nitrogen and oxygen atoms in total. The summed E-state index contributed by atoms with van der Waals surface area (Å²) >= 11 is 0. The molecule has 0 aliphatic heterocycles. The Morgan fingerprint density at radius 1 is 1.12 bits per heavy atom. The zero-order chi connectivity index (χ0) is 13.1. The van der Waals surface area contributed by atoms with Gasteiger partial charge in [0.2, 0.25) is 0 Å².